The molecule has 3 aromatic rings. The first-order valence-corrected chi connectivity index (χ1v) is 10.5. The molecule has 172 valence electrons. The molecule has 0 saturated carbocycles. The predicted molar refractivity (Wildman–Crippen MR) is 126 cm³/mol. The van der Waals surface area contributed by atoms with Crippen LogP contribution in [0.4, 0.5) is 5.69 Å². The highest BCUT2D eigenvalue weighted by Gasteiger charge is 2.12. The summed E-state index contributed by atoms with van der Waals surface area (Å²) in [6, 6.07) is 14.1. The standard InChI is InChI=1S/C25H27N3O5/c1-5-32-24-15-18(10-12-21(29)20-14-17(2)27-28(20)3)11-13-23(24)33-16-25(30)26-19-8-6-7-9-22(19)31-4/h6-15H,5,16H2,1-4H3,(H,26,30)/b12-10+. The molecule has 8 heteroatoms. The van der Waals surface area contributed by atoms with Crippen LogP contribution in [0.15, 0.2) is 54.6 Å². The average Bonchev–Trinajstić information content (AvgIpc) is 3.15. The van der Waals surface area contributed by atoms with Crippen molar-refractivity contribution in [2.45, 2.75) is 13.8 Å². The van der Waals surface area contributed by atoms with Crippen LogP contribution in [0, 0.1) is 6.92 Å². The van der Waals surface area contributed by atoms with E-state index in [1.165, 1.54) is 13.2 Å². The van der Waals surface area contributed by atoms with Crippen molar-refractivity contribution in [3.8, 4) is 17.2 Å². The molecule has 1 N–H and O–H groups in total. The lowest BCUT2D eigenvalue weighted by Gasteiger charge is -2.13. The number of hydrogen-bond acceptors (Lipinski definition) is 6. The third kappa shape index (κ3) is 6.22. The highest BCUT2D eigenvalue weighted by Crippen LogP contribution is 2.29. The second-order valence-electron chi connectivity index (χ2n) is 7.17. The van der Waals surface area contributed by atoms with Crippen LogP contribution in [-0.2, 0) is 11.8 Å². The topological polar surface area (TPSA) is 91.7 Å². The molecule has 33 heavy (non-hydrogen) atoms. The maximum atomic E-state index is 12.4. The number of nitrogens with one attached hydrogen (secondary N) is 1. The second-order valence-corrected chi connectivity index (χ2v) is 7.17. The van der Waals surface area contributed by atoms with Gasteiger partial charge >= 0.3 is 0 Å². The van der Waals surface area contributed by atoms with Crippen LogP contribution in [0.2, 0.25) is 0 Å². The molecule has 0 atom stereocenters. The minimum atomic E-state index is -0.331. The number of methoxy groups -OCH3 is 1. The summed E-state index contributed by atoms with van der Waals surface area (Å²) in [5.74, 6) is 0.992. The zero-order valence-electron chi connectivity index (χ0n) is 19.1. The number of para-hydroxylation sites is 2. The molecule has 0 fully saturated rings. The lowest BCUT2D eigenvalue weighted by Crippen LogP contribution is -2.20. The molecule has 1 heterocycles. The van der Waals surface area contributed by atoms with Crippen LogP contribution in [0.5, 0.6) is 17.2 Å². The minimum absolute atomic E-state index is 0.149. The van der Waals surface area contributed by atoms with Gasteiger partial charge in [0.05, 0.1) is 25.1 Å². The predicted octanol–water partition coefficient (Wildman–Crippen LogP) is 4.05. The van der Waals surface area contributed by atoms with E-state index in [0.717, 1.165) is 11.3 Å². The van der Waals surface area contributed by atoms with E-state index in [1.54, 1.807) is 60.3 Å². The van der Waals surface area contributed by atoms with Crippen molar-refractivity contribution in [1.82, 2.24) is 9.78 Å². The first-order valence-electron chi connectivity index (χ1n) is 10.5. The van der Waals surface area contributed by atoms with Crippen molar-refractivity contribution in [3.05, 3.63) is 71.6 Å². The Balaban J connectivity index is 1.67. The van der Waals surface area contributed by atoms with Crippen molar-refractivity contribution < 1.29 is 23.8 Å². The van der Waals surface area contributed by atoms with E-state index in [4.69, 9.17) is 14.2 Å². The Bertz CT molecular complexity index is 1170. The van der Waals surface area contributed by atoms with Crippen molar-refractivity contribution in [3.63, 3.8) is 0 Å². The zero-order chi connectivity index (χ0) is 23.8. The van der Waals surface area contributed by atoms with Crippen LogP contribution in [0.1, 0.15) is 28.7 Å². The molecule has 0 aliphatic carbocycles. The van der Waals surface area contributed by atoms with Gasteiger partial charge in [-0.05, 0) is 55.8 Å². The quantitative estimate of drug-likeness (QED) is 0.371. The number of ketones is 1. The van der Waals surface area contributed by atoms with Crippen molar-refractivity contribution >= 4 is 23.5 Å². The average molecular weight is 450 g/mol. The summed E-state index contributed by atoms with van der Waals surface area (Å²) < 4.78 is 18.1. The van der Waals surface area contributed by atoms with E-state index >= 15 is 0 Å². The molecule has 0 radical (unpaired) electrons. The van der Waals surface area contributed by atoms with Crippen LogP contribution >= 0.6 is 0 Å². The molecular formula is C25H27N3O5. The van der Waals surface area contributed by atoms with E-state index in [2.05, 4.69) is 10.4 Å². The first kappa shape index (κ1) is 23.6. The third-order valence-corrected chi connectivity index (χ3v) is 4.69. The van der Waals surface area contributed by atoms with Gasteiger partial charge in [0.1, 0.15) is 11.4 Å². The Morgan fingerprint density at radius 3 is 2.55 bits per heavy atom. The second kappa shape index (κ2) is 11.0. The molecule has 1 amide bonds. The number of carbonyl (C=O) groups is 2. The number of aromatic nitrogens is 2. The molecule has 1 aromatic heterocycles. The number of ether oxygens (including phenoxy) is 3. The number of anilines is 1. The van der Waals surface area contributed by atoms with E-state index in [1.807, 2.05) is 19.9 Å². The Labute approximate surface area is 192 Å². The Hall–Kier alpha value is -4.07. The van der Waals surface area contributed by atoms with Crippen LogP contribution in [-0.4, -0.2) is 41.8 Å². The fourth-order valence-electron chi connectivity index (χ4n) is 3.19. The van der Waals surface area contributed by atoms with Crippen molar-refractivity contribution in [1.29, 1.82) is 0 Å². The van der Waals surface area contributed by atoms with Gasteiger partial charge in [0, 0.05) is 7.05 Å². The van der Waals surface area contributed by atoms with Crippen LogP contribution in [0.25, 0.3) is 6.08 Å². The lowest BCUT2D eigenvalue weighted by molar-refractivity contribution is -0.118. The number of aryl methyl sites for hydroxylation is 2. The molecule has 0 unspecified atom stereocenters. The number of hydrogen-bond donors (Lipinski definition) is 1. The van der Waals surface area contributed by atoms with Gasteiger partial charge in [-0.3, -0.25) is 14.3 Å². The number of amides is 1. The van der Waals surface area contributed by atoms with Gasteiger partial charge < -0.3 is 19.5 Å². The van der Waals surface area contributed by atoms with Gasteiger partial charge in [0.2, 0.25) is 5.78 Å². The number of rotatable bonds is 10. The zero-order valence-corrected chi connectivity index (χ0v) is 19.1. The fraction of sp³-hybridized carbons (Fsp3) is 0.240. The number of benzene rings is 2. The molecule has 0 aliphatic rings. The van der Waals surface area contributed by atoms with E-state index < -0.39 is 0 Å². The summed E-state index contributed by atoms with van der Waals surface area (Å²) in [4.78, 5) is 24.8. The summed E-state index contributed by atoms with van der Waals surface area (Å²) in [6.07, 6.45) is 3.19. The summed E-state index contributed by atoms with van der Waals surface area (Å²) >= 11 is 0. The largest absolute Gasteiger partial charge is 0.495 e. The van der Waals surface area contributed by atoms with Crippen molar-refractivity contribution in [2.75, 3.05) is 25.6 Å². The summed E-state index contributed by atoms with van der Waals surface area (Å²) in [7, 11) is 3.27. The van der Waals surface area contributed by atoms with Gasteiger partial charge in [-0.2, -0.15) is 5.10 Å². The van der Waals surface area contributed by atoms with Gasteiger partial charge in [-0.15, -0.1) is 0 Å². The fourth-order valence-corrected chi connectivity index (χ4v) is 3.19. The molecule has 0 saturated heterocycles. The minimum Gasteiger partial charge on any atom is -0.495 e. The normalized spacial score (nSPS) is 10.8. The highest BCUT2D eigenvalue weighted by atomic mass is 16.5. The Morgan fingerprint density at radius 2 is 1.85 bits per heavy atom. The summed E-state index contributed by atoms with van der Waals surface area (Å²) in [5, 5.41) is 6.96. The van der Waals surface area contributed by atoms with Crippen LogP contribution in [0.3, 0.4) is 0 Å². The Kier molecular flexibility index (Phi) is 7.86. The first-order chi connectivity index (χ1) is 15.9. The SMILES string of the molecule is CCOc1cc(/C=C/C(=O)c2cc(C)nn2C)ccc1OCC(=O)Nc1ccccc1OC. The number of allylic oxidation sites excluding steroid dienone is 1. The molecule has 8 nitrogen and oxygen atoms in total. The van der Waals surface area contributed by atoms with Gasteiger partial charge in [0.25, 0.3) is 5.91 Å². The van der Waals surface area contributed by atoms with Crippen molar-refractivity contribution in [2.24, 2.45) is 7.05 Å². The summed E-state index contributed by atoms with van der Waals surface area (Å²) in [5.41, 5.74) is 2.61. The van der Waals surface area contributed by atoms with Crippen LogP contribution < -0.4 is 19.5 Å². The smallest absolute Gasteiger partial charge is 0.262 e. The monoisotopic (exact) mass is 449 g/mol. The molecular weight excluding hydrogens is 422 g/mol. The number of nitrogens with zero attached hydrogens (tertiary/aromatic N) is 2. The summed E-state index contributed by atoms with van der Waals surface area (Å²) in [6.45, 7) is 3.91. The van der Waals surface area contributed by atoms with Gasteiger partial charge in [-0.1, -0.05) is 24.3 Å². The Morgan fingerprint density at radius 1 is 1.06 bits per heavy atom. The van der Waals surface area contributed by atoms with E-state index in [9.17, 15) is 9.59 Å². The molecule has 3 rings (SSSR count). The molecule has 0 spiro atoms. The third-order valence-electron chi connectivity index (χ3n) is 4.69. The van der Waals surface area contributed by atoms with Gasteiger partial charge in [0.15, 0.2) is 18.1 Å². The molecule has 0 bridgehead atoms. The maximum Gasteiger partial charge on any atom is 0.262 e. The van der Waals surface area contributed by atoms with E-state index in [-0.39, 0.29) is 18.3 Å². The van der Waals surface area contributed by atoms with E-state index in [0.29, 0.717) is 35.2 Å². The van der Waals surface area contributed by atoms with Gasteiger partial charge in [-0.25, -0.2) is 0 Å². The maximum absolute atomic E-state index is 12.4. The highest BCUT2D eigenvalue weighted by molar-refractivity contribution is 6.05. The molecule has 2 aromatic carbocycles. The molecule has 0 aliphatic heterocycles. The lowest BCUT2D eigenvalue weighted by atomic mass is 10.1. The number of carbonyl (C=O) groups excluding carboxylic acids is 2.